The molecule has 2 fully saturated rings. The van der Waals surface area contributed by atoms with Gasteiger partial charge in [0.05, 0.1) is 11.4 Å². The highest BCUT2D eigenvalue weighted by Crippen LogP contribution is 2.29. The third-order valence-electron chi connectivity index (χ3n) is 2.75. The lowest BCUT2D eigenvalue weighted by Gasteiger charge is -2.31. The average molecular weight is 205 g/mol. The lowest BCUT2D eigenvalue weighted by atomic mass is 9.83. The van der Waals surface area contributed by atoms with Crippen molar-refractivity contribution in [1.82, 2.24) is 4.72 Å². The van der Waals surface area contributed by atoms with Crippen LogP contribution in [0.15, 0.2) is 0 Å². The Balaban J connectivity index is 1.73. The van der Waals surface area contributed by atoms with Crippen molar-refractivity contribution in [2.45, 2.75) is 37.0 Å². The maximum absolute atomic E-state index is 11.3. The van der Waals surface area contributed by atoms with E-state index in [1.54, 1.807) is 0 Å². The number of rotatable bonds is 4. The Morgan fingerprint density at radius 1 is 1.31 bits per heavy atom. The molecule has 0 bridgehead atoms. The Labute approximate surface area is 78.4 Å². The predicted octanol–water partition coefficient (Wildman–Crippen LogP) is -0.161. The van der Waals surface area contributed by atoms with Crippen molar-refractivity contribution < 1.29 is 13.5 Å². The smallest absolute Gasteiger partial charge is 0.214 e. The lowest BCUT2D eigenvalue weighted by molar-refractivity contribution is 0.0453. The minimum Gasteiger partial charge on any atom is -0.393 e. The lowest BCUT2D eigenvalue weighted by Crippen LogP contribution is -2.39. The predicted molar refractivity (Wildman–Crippen MR) is 48.7 cm³/mol. The summed E-state index contributed by atoms with van der Waals surface area (Å²) in [6.45, 7) is 0.510. The molecule has 0 atom stereocenters. The van der Waals surface area contributed by atoms with E-state index in [2.05, 4.69) is 4.72 Å². The summed E-state index contributed by atoms with van der Waals surface area (Å²) in [5.41, 5.74) is 0. The highest BCUT2D eigenvalue weighted by Gasteiger charge is 2.36. The van der Waals surface area contributed by atoms with Gasteiger partial charge in [0.25, 0.3) is 0 Å². The molecule has 0 saturated heterocycles. The molecule has 0 heterocycles. The Kier molecular flexibility index (Phi) is 2.33. The summed E-state index contributed by atoms with van der Waals surface area (Å²) in [5, 5.41) is 8.86. The van der Waals surface area contributed by atoms with Crippen LogP contribution in [0.5, 0.6) is 0 Å². The number of hydrogen-bond donors (Lipinski definition) is 2. The van der Waals surface area contributed by atoms with E-state index in [1.807, 2.05) is 0 Å². The van der Waals surface area contributed by atoms with E-state index in [-0.39, 0.29) is 11.4 Å². The maximum Gasteiger partial charge on any atom is 0.214 e. The van der Waals surface area contributed by atoms with Gasteiger partial charge in [-0.25, -0.2) is 13.1 Å². The fourth-order valence-corrected chi connectivity index (χ4v) is 3.06. The highest BCUT2D eigenvalue weighted by molar-refractivity contribution is 7.90. The fourth-order valence-electron chi connectivity index (χ4n) is 1.60. The Hall–Kier alpha value is -0.130. The quantitative estimate of drug-likeness (QED) is 0.670. The molecule has 0 aromatic carbocycles. The molecule has 5 heteroatoms. The third kappa shape index (κ3) is 2.21. The van der Waals surface area contributed by atoms with E-state index in [1.165, 1.54) is 0 Å². The number of aliphatic hydroxyl groups is 1. The number of nitrogens with one attached hydrogen (secondary N) is 1. The van der Waals surface area contributed by atoms with Crippen LogP contribution in [-0.4, -0.2) is 31.4 Å². The van der Waals surface area contributed by atoms with Crippen molar-refractivity contribution in [3.8, 4) is 0 Å². The Morgan fingerprint density at radius 3 is 2.38 bits per heavy atom. The van der Waals surface area contributed by atoms with Gasteiger partial charge in [0.15, 0.2) is 0 Å². The first-order chi connectivity index (χ1) is 6.08. The molecule has 2 aliphatic rings. The molecule has 76 valence electrons. The van der Waals surface area contributed by atoms with Gasteiger partial charge >= 0.3 is 0 Å². The van der Waals surface area contributed by atoms with Gasteiger partial charge in [0.1, 0.15) is 0 Å². The van der Waals surface area contributed by atoms with Gasteiger partial charge in [0.2, 0.25) is 10.0 Å². The molecule has 13 heavy (non-hydrogen) atoms. The van der Waals surface area contributed by atoms with Crippen LogP contribution in [0.3, 0.4) is 0 Å². The van der Waals surface area contributed by atoms with Crippen LogP contribution in [0.2, 0.25) is 0 Å². The standard InChI is InChI=1S/C8H15NO3S/c10-7-3-6(4-7)5-9-13(11,12)8-1-2-8/h6-10H,1-5H2. The summed E-state index contributed by atoms with van der Waals surface area (Å²) in [7, 11) is -3.01. The molecule has 0 amide bonds. The van der Waals surface area contributed by atoms with Gasteiger partial charge in [-0.3, -0.25) is 0 Å². The van der Waals surface area contributed by atoms with E-state index in [0.29, 0.717) is 12.5 Å². The minimum atomic E-state index is -3.01. The molecule has 2 aliphatic carbocycles. The summed E-state index contributed by atoms with van der Waals surface area (Å²) in [6.07, 6.45) is 2.90. The zero-order chi connectivity index (χ0) is 9.47. The molecular weight excluding hydrogens is 190 g/mol. The van der Waals surface area contributed by atoms with Gasteiger partial charge < -0.3 is 5.11 Å². The van der Waals surface area contributed by atoms with E-state index in [4.69, 9.17) is 5.11 Å². The largest absolute Gasteiger partial charge is 0.393 e. The molecule has 0 aromatic heterocycles. The fraction of sp³-hybridized carbons (Fsp3) is 1.00. The minimum absolute atomic E-state index is 0.127. The van der Waals surface area contributed by atoms with Crippen molar-refractivity contribution >= 4 is 10.0 Å². The molecule has 0 unspecified atom stereocenters. The first-order valence-corrected chi connectivity index (χ1v) is 6.29. The van der Waals surface area contributed by atoms with E-state index >= 15 is 0 Å². The molecule has 0 radical (unpaired) electrons. The third-order valence-corrected chi connectivity index (χ3v) is 4.67. The van der Waals surface area contributed by atoms with E-state index in [0.717, 1.165) is 25.7 Å². The Bertz CT molecular complexity index is 278. The molecule has 0 aromatic rings. The second kappa shape index (κ2) is 3.22. The molecular formula is C8H15NO3S. The van der Waals surface area contributed by atoms with Crippen LogP contribution >= 0.6 is 0 Å². The van der Waals surface area contributed by atoms with Crippen molar-refractivity contribution in [3.63, 3.8) is 0 Å². The van der Waals surface area contributed by atoms with Crippen molar-refractivity contribution in [1.29, 1.82) is 0 Å². The normalized spacial score (nSPS) is 34.2. The Morgan fingerprint density at radius 2 is 1.92 bits per heavy atom. The maximum atomic E-state index is 11.3. The second-order valence-corrected chi connectivity index (χ2v) is 6.13. The van der Waals surface area contributed by atoms with Crippen LogP contribution in [-0.2, 0) is 10.0 Å². The zero-order valence-electron chi connectivity index (χ0n) is 7.44. The molecule has 2 rings (SSSR count). The van der Waals surface area contributed by atoms with Crippen molar-refractivity contribution in [2.75, 3.05) is 6.54 Å². The summed E-state index contributed by atoms with van der Waals surface area (Å²) >= 11 is 0. The van der Waals surface area contributed by atoms with Crippen LogP contribution < -0.4 is 4.72 Å². The van der Waals surface area contributed by atoms with Crippen molar-refractivity contribution in [2.24, 2.45) is 5.92 Å². The second-order valence-electron chi connectivity index (χ2n) is 4.08. The zero-order valence-corrected chi connectivity index (χ0v) is 8.26. The van der Waals surface area contributed by atoms with Crippen LogP contribution in [0.4, 0.5) is 0 Å². The van der Waals surface area contributed by atoms with Gasteiger partial charge in [-0.05, 0) is 31.6 Å². The summed E-state index contributed by atoms with van der Waals surface area (Å²) in [4.78, 5) is 0. The van der Waals surface area contributed by atoms with E-state index < -0.39 is 10.0 Å². The monoisotopic (exact) mass is 205 g/mol. The van der Waals surface area contributed by atoms with Crippen molar-refractivity contribution in [3.05, 3.63) is 0 Å². The highest BCUT2D eigenvalue weighted by atomic mass is 32.2. The topological polar surface area (TPSA) is 66.4 Å². The molecule has 2 saturated carbocycles. The molecule has 0 spiro atoms. The summed E-state index contributed by atoms with van der Waals surface area (Å²) in [6, 6.07) is 0. The van der Waals surface area contributed by atoms with Gasteiger partial charge in [-0.15, -0.1) is 0 Å². The van der Waals surface area contributed by atoms with Crippen LogP contribution in [0.25, 0.3) is 0 Å². The molecule has 2 N–H and O–H groups in total. The SMILES string of the molecule is O=S(=O)(NCC1CC(O)C1)C1CC1. The summed E-state index contributed by atoms with van der Waals surface area (Å²) in [5.74, 6) is 0.350. The van der Waals surface area contributed by atoms with E-state index in [9.17, 15) is 8.42 Å². The molecule has 0 aliphatic heterocycles. The summed E-state index contributed by atoms with van der Waals surface area (Å²) < 4.78 is 25.3. The number of hydrogen-bond acceptors (Lipinski definition) is 3. The average Bonchev–Trinajstić information content (AvgIpc) is 2.77. The van der Waals surface area contributed by atoms with Crippen LogP contribution in [0.1, 0.15) is 25.7 Å². The van der Waals surface area contributed by atoms with Crippen LogP contribution in [0, 0.1) is 5.92 Å². The van der Waals surface area contributed by atoms with Gasteiger partial charge in [0, 0.05) is 6.54 Å². The number of sulfonamides is 1. The first kappa shape index (κ1) is 9.43. The van der Waals surface area contributed by atoms with Gasteiger partial charge in [-0.1, -0.05) is 0 Å². The first-order valence-electron chi connectivity index (χ1n) is 4.74. The molecule has 4 nitrogen and oxygen atoms in total. The number of aliphatic hydroxyl groups excluding tert-OH is 1. The van der Waals surface area contributed by atoms with Gasteiger partial charge in [-0.2, -0.15) is 0 Å².